The fourth-order valence-corrected chi connectivity index (χ4v) is 2.74. The lowest BCUT2D eigenvalue weighted by Crippen LogP contribution is -2.32. The fraction of sp³-hybridized carbons (Fsp3) is 0.312. The van der Waals surface area contributed by atoms with Gasteiger partial charge < -0.3 is 10.6 Å². The van der Waals surface area contributed by atoms with Crippen molar-refractivity contribution in [1.82, 2.24) is 15.1 Å². The first-order chi connectivity index (χ1) is 10.5. The van der Waals surface area contributed by atoms with Crippen molar-refractivity contribution >= 4 is 17.5 Å². The molecule has 0 saturated heterocycles. The van der Waals surface area contributed by atoms with Gasteiger partial charge in [-0.3, -0.25) is 14.3 Å². The SMILES string of the molecule is Cc1cc(C)n(CC(=O)Nc2cccc3c2CCNC3=O)n1. The predicted octanol–water partition coefficient (Wildman–Crippen LogP) is 1.42. The zero-order valence-electron chi connectivity index (χ0n) is 12.6. The average Bonchev–Trinajstić information content (AvgIpc) is 2.78. The summed E-state index contributed by atoms with van der Waals surface area (Å²) in [5, 5.41) is 9.98. The van der Waals surface area contributed by atoms with Crippen molar-refractivity contribution in [2.45, 2.75) is 26.8 Å². The van der Waals surface area contributed by atoms with Crippen molar-refractivity contribution in [3.63, 3.8) is 0 Å². The number of aromatic nitrogens is 2. The number of fused-ring (bicyclic) bond motifs is 1. The van der Waals surface area contributed by atoms with E-state index in [9.17, 15) is 9.59 Å². The topological polar surface area (TPSA) is 76.0 Å². The minimum absolute atomic E-state index is 0.0871. The second-order valence-corrected chi connectivity index (χ2v) is 5.47. The lowest BCUT2D eigenvalue weighted by atomic mass is 9.98. The summed E-state index contributed by atoms with van der Waals surface area (Å²) >= 11 is 0. The second kappa shape index (κ2) is 5.63. The van der Waals surface area contributed by atoms with Crippen molar-refractivity contribution in [3.8, 4) is 0 Å². The third kappa shape index (κ3) is 2.72. The highest BCUT2D eigenvalue weighted by Gasteiger charge is 2.20. The van der Waals surface area contributed by atoms with Crippen LogP contribution in [0.4, 0.5) is 5.69 Å². The van der Waals surface area contributed by atoms with Crippen molar-refractivity contribution in [2.75, 3.05) is 11.9 Å². The Labute approximate surface area is 128 Å². The molecule has 0 saturated carbocycles. The molecule has 2 aromatic rings. The van der Waals surface area contributed by atoms with Crippen LogP contribution in [0.3, 0.4) is 0 Å². The van der Waals surface area contributed by atoms with E-state index in [1.165, 1.54) is 0 Å². The van der Waals surface area contributed by atoms with Gasteiger partial charge in [0.15, 0.2) is 0 Å². The molecular weight excluding hydrogens is 280 g/mol. The van der Waals surface area contributed by atoms with E-state index in [1.807, 2.05) is 26.0 Å². The Hall–Kier alpha value is -2.63. The van der Waals surface area contributed by atoms with Gasteiger partial charge in [-0.25, -0.2) is 0 Å². The Balaban J connectivity index is 1.79. The van der Waals surface area contributed by atoms with Gasteiger partial charge in [-0.2, -0.15) is 5.10 Å². The van der Waals surface area contributed by atoms with Gasteiger partial charge >= 0.3 is 0 Å². The number of nitrogens with one attached hydrogen (secondary N) is 2. The number of benzene rings is 1. The van der Waals surface area contributed by atoms with Crippen LogP contribution in [0, 0.1) is 13.8 Å². The highest BCUT2D eigenvalue weighted by Crippen LogP contribution is 2.23. The summed E-state index contributed by atoms with van der Waals surface area (Å²) in [6.07, 6.45) is 0.720. The van der Waals surface area contributed by atoms with Crippen LogP contribution in [0.5, 0.6) is 0 Å². The molecule has 114 valence electrons. The van der Waals surface area contributed by atoms with Crippen LogP contribution in [0.2, 0.25) is 0 Å². The van der Waals surface area contributed by atoms with Crippen LogP contribution in [-0.4, -0.2) is 28.1 Å². The molecule has 0 bridgehead atoms. The summed E-state index contributed by atoms with van der Waals surface area (Å²) < 4.78 is 1.67. The van der Waals surface area contributed by atoms with Gasteiger partial charge in [-0.05, 0) is 44.0 Å². The number of nitrogens with zero attached hydrogens (tertiary/aromatic N) is 2. The molecule has 6 heteroatoms. The van der Waals surface area contributed by atoms with E-state index in [-0.39, 0.29) is 18.4 Å². The summed E-state index contributed by atoms with van der Waals surface area (Å²) in [7, 11) is 0. The van der Waals surface area contributed by atoms with Gasteiger partial charge in [0.05, 0.1) is 5.69 Å². The van der Waals surface area contributed by atoms with E-state index >= 15 is 0 Å². The second-order valence-electron chi connectivity index (χ2n) is 5.47. The number of carbonyl (C=O) groups excluding carboxylic acids is 2. The van der Waals surface area contributed by atoms with E-state index in [2.05, 4.69) is 15.7 Å². The molecule has 3 rings (SSSR count). The van der Waals surface area contributed by atoms with E-state index in [1.54, 1.807) is 16.8 Å². The number of anilines is 1. The van der Waals surface area contributed by atoms with Crippen molar-refractivity contribution in [2.24, 2.45) is 0 Å². The van der Waals surface area contributed by atoms with Gasteiger partial charge in [0.2, 0.25) is 5.91 Å². The Morgan fingerprint density at radius 3 is 2.95 bits per heavy atom. The first-order valence-corrected chi connectivity index (χ1v) is 7.25. The smallest absolute Gasteiger partial charge is 0.251 e. The molecule has 0 radical (unpaired) electrons. The molecule has 1 aromatic heterocycles. The zero-order chi connectivity index (χ0) is 15.7. The van der Waals surface area contributed by atoms with Gasteiger partial charge in [0.1, 0.15) is 6.54 Å². The Bertz CT molecular complexity index is 749. The molecule has 0 atom stereocenters. The number of aryl methyl sites for hydroxylation is 2. The van der Waals surface area contributed by atoms with Crippen LogP contribution in [0.25, 0.3) is 0 Å². The Morgan fingerprint density at radius 2 is 2.23 bits per heavy atom. The Kier molecular flexibility index (Phi) is 3.66. The van der Waals surface area contributed by atoms with Gasteiger partial charge in [0, 0.05) is 23.5 Å². The molecule has 0 fully saturated rings. The molecule has 1 aromatic carbocycles. The standard InChI is InChI=1S/C16H18N4O2/c1-10-8-11(2)20(19-10)9-15(21)18-14-5-3-4-13-12(14)6-7-17-16(13)22/h3-5,8H,6-7,9H2,1-2H3,(H,17,22)(H,18,21). The minimum Gasteiger partial charge on any atom is -0.352 e. The third-order valence-corrected chi connectivity index (χ3v) is 3.75. The van der Waals surface area contributed by atoms with Crippen LogP contribution in [0.15, 0.2) is 24.3 Å². The largest absolute Gasteiger partial charge is 0.352 e. The van der Waals surface area contributed by atoms with E-state index in [0.717, 1.165) is 23.4 Å². The molecule has 1 aliphatic heterocycles. The lowest BCUT2D eigenvalue weighted by Gasteiger charge is -2.20. The highest BCUT2D eigenvalue weighted by molar-refractivity contribution is 6.00. The maximum Gasteiger partial charge on any atom is 0.251 e. The van der Waals surface area contributed by atoms with E-state index in [4.69, 9.17) is 0 Å². The zero-order valence-corrected chi connectivity index (χ0v) is 12.6. The van der Waals surface area contributed by atoms with Crippen LogP contribution >= 0.6 is 0 Å². The molecule has 2 N–H and O–H groups in total. The number of hydrogen-bond donors (Lipinski definition) is 2. The first-order valence-electron chi connectivity index (χ1n) is 7.25. The number of amides is 2. The van der Waals surface area contributed by atoms with Crippen molar-refractivity contribution in [1.29, 1.82) is 0 Å². The van der Waals surface area contributed by atoms with Crippen LogP contribution < -0.4 is 10.6 Å². The lowest BCUT2D eigenvalue weighted by molar-refractivity contribution is -0.116. The highest BCUT2D eigenvalue weighted by atomic mass is 16.2. The van der Waals surface area contributed by atoms with Crippen LogP contribution in [-0.2, 0) is 17.8 Å². The molecule has 0 spiro atoms. The van der Waals surface area contributed by atoms with Crippen LogP contribution in [0.1, 0.15) is 27.3 Å². The maximum atomic E-state index is 12.2. The molecule has 1 aliphatic rings. The average molecular weight is 298 g/mol. The summed E-state index contributed by atoms with van der Waals surface area (Å²) in [6, 6.07) is 7.32. The van der Waals surface area contributed by atoms with Gasteiger partial charge in [-0.15, -0.1) is 0 Å². The number of rotatable bonds is 3. The molecular formula is C16H18N4O2. The minimum atomic E-state index is -0.148. The Morgan fingerprint density at radius 1 is 1.41 bits per heavy atom. The summed E-state index contributed by atoms with van der Waals surface area (Å²) in [6.45, 7) is 4.57. The maximum absolute atomic E-state index is 12.2. The molecule has 0 aliphatic carbocycles. The summed E-state index contributed by atoms with van der Waals surface area (Å²) in [5.41, 5.74) is 4.07. The third-order valence-electron chi connectivity index (χ3n) is 3.75. The first kappa shape index (κ1) is 14.3. The molecule has 0 unspecified atom stereocenters. The van der Waals surface area contributed by atoms with E-state index < -0.39 is 0 Å². The van der Waals surface area contributed by atoms with E-state index in [0.29, 0.717) is 17.8 Å². The number of carbonyl (C=O) groups is 2. The fourth-order valence-electron chi connectivity index (χ4n) is 2.74. The van der Waals surface area contributed by atoms with Gasteiger partial charge in [-0.1, -0.05) is 6.07 Å². The summed E-state index contributed by atoms with van der Waals surface area (Å²) in [5.74, 6) is -0.235. The normalized spacial score (nSPS) is 13.5. The van der Waals surface area contributed by atoms with Crippen molar-refractivity contribution in [3.05, 3.63) is 46.8 Å². The quantitative estimate of drug-likeness (QED) is 0.900. The van der Waals surface area contributed by atoms with Crippen molar-refractivity contribution < 1.29 is 9.59 Å². The molecule has 22 heavy (non-hydrogen) atoms. The molecule has 2 heterocycles. The molecule has 2 amide bonds. The molecule has 6 nitrogen and oxygen atoms in total. The summed E-state index contributed by atoms with van der Waals surface area (Å²) in [4.78, 5) is 24.1. The monoisotopic (exact) mass is 298 g/mol. The van der Waals surface area contributed by atoms with Gasteiger partial charge in [0.25, 0.3) is 5.91 Å². The number of hydrogen-bond acceptors (Lipinski definition) is 3. The predicted molar refractivity (Wildman–Crippen MR) is 82.8 cm³/mol.